The van der Waals surface area contributed by atoms with Crippen molar-refractivity contribution in [1.82, 2.24) is 0 Å². The van der Waals surface area contributed by atoms with Gasteiger partial charge in [-0.15, -0.1) is 0 Å². The summed E-state index contributed by atoms with van der Waals surface area (Å²) in [6, 6.07) is 2.31. The Labute approximate surface area is 86.9 Å². The summed E-state index contributed by atoms with van der Waals surface area (Å²) in [5.41, 5.74) is 5.94. The molecule has 0 bridgehead atoms. The number of nitrogens with two attached hydrogens (primary N) is 1. The number of aliphatic hydroxyl groups excluding tert-OH is 1. The molecule has 4 nitrogen and oxygen atoms in total. The van der Waals surface area contributed by atoms with Crippen molar-refractivity contribution in [3.05, 3.63) is 22.7 Å². The third-order valence-electron chi connectivity index (χ3n) is 1.89. The molecule has 0 aliphatic carbocycles. The lowest BCUT2D eigenvalue weighted by Crippen LogP contribution is -2.14. The van der Waals surface area contributed by atoms with Crippen molar-refractivity contribution in [2.45, 2.75) is 6.04 Å². The van der Waals surface area contributed by atoms with Crippen molar-refractivity contribution >= 4 is 11.6 Å². The van der Waals surface area contributed by atoms with Crippen molar-refractivity contribution in [2.24, 2.45) is 5.73 Å². The van der Waals surface area contributed by atoms with E-state index in [-0.39, 0.29) is 18.1 Å². The lowest BCUT2D eigenvalue weighted by molar-refractivity contribution is 0.264. The molecule has 0 spiro atoms. The summed E-state index contributed by atoms with van der Waals surface area (Å²) < 4.78 is 4.89. The molecule has 14 heavy (non-hydrogen) atoms. The molecule has 4 N–H and O–H groups in total. The van der Waals surface area contributed by atoms with Gasteiger partial charge in [0, 0.05) is 16.7 Å². The normalized spacial score (nSPS) is 12.6. The smallest absolute Gasteiger partial charge is 0.162 e. The highest BCUT2D eigenvalue weighted by molar-refractivity contribution is 6.30. The first kappa shape index (κ1) is 11.1. The average molecular weight is 218 g/mol. The van der Waals surface area contributed by atoms with Gasteiger partial charge in [-0.3, -0.25) is 0 Å². The molecule has 0 fully saturated rings. The molecule has 1 aromatic carbocycles. The first-order chi connectivity index (χ1) is 6.60. The zero-order valence-corrected chi connectivity index (χ0v) is 8.45. The summed E-state index contributed by atoms with van der Waals surface area (Å²) in [4.78, 5) is 0. The maximum atomic E-state index is 9.64. The molecule has 1 rings (SSSR count). The quantitative estimate of drug-likeness (QED) is 0.707. The molecule has 0 amide bonds. The molecule has 78 valence electrons. The van der Waals surface area contributed by atoms with Crippen LogP contribution < -0.4 is 10.5 Å². The Balaban J connectivity index is 3.21. The third-order valence-corrected chi connectivity index (χ3v) is 2.10. The fourth-order valence-corrected chi connectivity index (χ4v) is 1.35. The second-order valence-corrected chi connectivity index (χ2v) is 3.27. The minimum absolute atomic E-state index is 0.0848. The van der Waals surface area contributed by atoms with E-state index >= 15 is 0 Å². The number of hydrogen-bond acceptors (Lipinski definition) is 4. The number of phenolic OH excluding ortho intramolecular Hbond substituents is 1. The van der Waals surface area contributed by atoms with Gasteiger partial charge in [0.2, 0.25) is 0 Å². The second-order valence-electron chi connectivity index (χ2n) is 2.83. The first-order valence-corrected chi connectivity index (χ1v) is 4.40. The average Bonchev–Trinajstić information content (AvgIpc) is 2.19. The molecule has 1 atom stereocenters. The Bertz CT molecular complexity index is 330. The molecule has 0 saturated carbocycles. The van der Waals surface area contributed by atoms with Crippen LogP contribution in [-0.2, 0) is 0 Å². The van der Waals surface area contributed by atoms with Gasteiger partial charge in [-0.2, -0.15) is 0 Å². The molecule has 0 heterocycles. The second kappa shape index (κ2) is 4.50. The maximum absolute atomic E-state index is 9.64. The van der Waals surface area contributed by atoms with Crippen LogP contribution in [0.4, 0.5) is 0 Å². The molecule has 0 aromatic heterocycles. The van der Waals surface area contributed by atoms with Crippen LogP contribution in [0.2, 0.25) is 5.02 Å². The number of halogens is 1. The zero-order chi connectivity index (χ0) is 10.7. The molecule has 0 aliphatic heterocycles. The molecular weight excluding hydrogens is 206 g/mol. The molecule has 5 heteroatoms. The van der Waals surface area contributed by atoms with E-state index < -0.39 is 6.04 Å². The molecular formula is C9H12ClNO3. The number of methoxy groups -OCH3 is 1. The summed E-state index contributed by atoms with van der Waals surface area (Å²) in [6.07, 6.45) is 0. The van der Waals surface area contributed by atoms with E-state index in [1.807, 2.05) is 0 Å². The number of rotatable bonds is 3. The van der Waals surface area contributed by atoms with Gasteiger partial charge < -0.3 is 20.7 Å². The zero-order valence-electron chi connectivity index (χ0n) is 7.70. The van der Waals surface area contributed by atoms with Gasteiger partial charge in [0.05, 0.1) is 19.8 Å². The molecule has 0 aliphatic rings. The number of ether oxygens (including phenoxy) is 1. The number of aliphatic hydroxyl groups is 1. The van der Waals surface area contributed by atoms with E-state index in [0.29, 0.717) is 10.6 Å². The van der Waals surface area contributed by atoms with Gasteiger partial charge in [-0.25, -0.2) is 0 Å². The number of benzene rings is 1. The number of aromatic hydroxyl groups is 1. The molecule has 0 radical (unpaired) electrons. The van der Waals surface area contributed by atoms with Crippen LogP contribution >= 0.6 is 11.6 Å². The van der Waals surface area contributed by atoms with Crippen LogP contribution in [0.3, 0.4) is 0 Å². The van der Waals surface area contributed by atoms with E-state index in [1.165, 1.54) is 19.2 Å². The van der Waals surface area contributed by atoms with Gasteiger partial charge in [-0.1, -0.05) is 11.6 Å². The Morgan fingerprint density at radius 3 is 2.71 bits per heavy atom. The van der Waals surface area contributed by atoms with E-state index in [0.717, 1.165) is 0 Å². The Hall–Kier alpha value is -0.970. The third kappa shape index (κ3) is 2.09. The fourth-order valence-electron chi connectivity index (χ4n) is 1.13. The van der Waals surface area contributed by atoms with Crippen LogP contribution in [0, 0.1) is 0 Å². The summed E-state index contributed by atoms with van der Waals surface area (Å²) in [6.45, 7) is -0.267. The standard InChI is InChI=1S/C9H12ClNO3/c1-14-8-3-5(10)2-6(9(8)13)7(11)4-12/h2-3,7,12-13H,4,11H2,1H3. The van der Waals surface area contributed by atoms with E-state index in [4.69, 9.17) is 27.2 Å². The lowest BCUT2D eigenvalue weighted by Gasteiger charge is -2.13. The summed E-state index contributed by atoms with van der Waals surface area (Å²) in [5, 5.41) is 18.9. The Kier molecular flexibility index (Phi) is 3.57. The van der Waals surface area contributed by atoms with Crippen LogP contribution in [0.15, 0.2) is 12.1 Å². The van der Waals surface area contributed by atoms with Crippen molar-refractivity contribution in [2.75, 3.05) is 13.7 Å². The fraction of sp³-hybridized carbons (Fsp3) is 0.333. The number of phenols is 1. The lowest BCUT2D eigenvalue weighted by atomic mass is 10.1. The molecule has 1 aromatic rings. The molecule has 0 saturated heterocycles. The minimum atomic E-state index is -0.664. The Morgan fingerprint density at radius 2 is 2.21 bits per heavy atom. The van der Waals surface area contributed by atoms with Gasteiger partial charge in [0.15, 0.2) is 11.5 Å². The first-order valence-electron chi connectivity index (χ1n) is 4.03. The highest BCUT2D eigenvalue weighted by Crippen LogP contribution is 2.35. The van der Waals surface area contributed by atoms with Crippen LogP contribution in [0.5, 0.6) is 11.5 Å². The van der Waals surface area contributed by atoms with Crippen LogP contribution in [0.1, 0.15) is 11.6 Å². The van der Waals surface area contributed by atoms with E-state index in [1.54, 1.807) is 0 Å². The predicted octanol–water partition coefficient (Wildman–Crippen LogP) is 1.05. The molecule has 1 unspecified atom stereocenters. The summed E-state index contributed by atoms with van der Waals surface area (Å²) >= 11 is 5.77. The minimum Gasteiger partial charge on any atom is -0.504 e. The summed E-state index contributed by atoms with van der Waals surface area (Å²) in [7, 11) is 1.42. The van der Waals surface area contributed by atoms with E-state index in [2.05, 4.69) is 0 Å². The summed E-state index contributed by atoms with van der Waals surface area (Å²) in [5.74, 6) is 0.162. The van der Waals surface area contributed by atoms with Crippen LogP contribution in [0.25, 0.3) is 0 Å². The van der Waals surface area contributed by atoms with Crippen molar-refractivity contribution in [3.63, 3.8) is 0 Å². The SMILES string of the molecule is COc1cc(Cl)cc(C(N)CO)c1O. The largest absolute Gasteiger partial charge is 0.504 e. The van der Waals surface area contributed by atoms with Crippen molar-refractivity contribution < 1.29 is 14.9 Å². The Morgan fingerprint density at radius 1 is 1.57 bits per heavy atom. The topological polar surface area (TPSA) is 75.7 Å². The monoisotopic (exact) mass is 217 g/mol. The maximum Gasteiger partial charge on any atom is 0.162 e. The number of hydrogen-bond donors (Lipinski definition) is 3. The highest BCUT2D eigenvalue weighted by atomic mass is 35.5. The van der Waals surface area contributed by atoms with Crippen molar-refractivity contribution in [1.29, 1.82) is 0 Å². The highest BCUT2D eigenvalue weighted by Gasteiger charge is 2.15. The van der Waals surface area contributed by atoms with Crippen LogP contribution in [-0.4, -0.2) is 23.9 Å². The van der Waals surface area contributed by atoms with E-state index in [9.17, 15) is 5.11 Å². The van der Waals surface area contributed by atoms with Gasteiger partial charge in [-0.05, 0) is 6.07 Å². The van der Waals surface area contributed by atoms with Crippen molar-refractivity contribution in [3.8, 4) is 11.5 Å². The predicted molar refractivity (Wildman–Crippen MR) is 53.7 cm³/mol. The van der Waals surface area contributed by atoms with Gasteiger partial charge >= 0.3 is 0 Å². The van der Waals surface area contributed by atoms with Gasteiger partial charge in [0.25, 0.3) is 0 Å². The van der Waals surface area contributed by atoms with Gasteiger partial charge in [0.1, 0.15) is 0 Å².